The monoisotopic (exact) mass is 213 g/mol. The van der Waals surface area contributed by atoms with Gasteiger partial charge in [-0.15, -0.1) is 0 Å². The molecule has 0 aliphatic rings. The normalized spacial score (nSPS) is 10.1. The van der Waals surface area contributed by atoms with Gasteiger partial charge < -0.3 is 4.74 Å². The second-order valence-corrected chi connectivity index (χ2v) is 3.66. The number of ether oxygens (including phenoxy) is 1. The minimum absolute atomic E-state index is 0.630. The Morgan fingerprint density at radius 1 is 1.06 bits per heavy atom. The first-order chi connectivity index (χ1) is 7.88. The summed E-state index contributed by atoms with van der Waals surface area (Å²) < 4.78 is 5.60. The fourth-order valence-electron chi connectivity index (χ4n) is 1.54. The number of rotatable bonds is 4. The molecule has 16 heavy (non-hydrogen) atoms. The van der Waals surface area contributed by atoms with Gasteiger partial charge in [-0.25, -0.2) is 4.98 Å². The van der Waals surface area contributed by atoms with Gasteiger partial charge in [-0.3, -0.25) is 0 Å². The van der Waals surface area contributed by atoms with Gasteiger partial charge in [0.15, 0.2) is 0 Å². The van der Waals surface area contributed by atoms with E-state index < -0.39 is 0 Å². The number of hydrogen-bond acceptors (Lipinski definition) is 2. The van der Waals surface area contributed by atoms with Crippen molar-refractivity contribution in [3.05, 3.63) is 54.2 Å². The molecule has 1 heterocycles. The van der Waals surface area contributed by atoms with E-state index in [4.69, 9.17) is 4.74 Å². The van der Waals surface area contributed by atoms with Gasteiger partial charge in [0.2, 0.25) is 5.88 Å². The van der Waals surface area contributed by atoms with Crippen LogP contribution in [0, 0.1) is 0 Å². The van der Waals surface area contributed by atoms with Crippen molar-refractivity contribution < 1.29 is 4.74 Å². The summed E-state index contributed by atoms with van der Waals surface area (Å²) in [5, 5.41) is 0. The number of hydrogen-bond donors (Lipinski definition) is 0. The molecule has 0 radical (unpaired) electrons. The maximum atomic E-state index is 5.60. The lowest BCUT2D eigenvalue weighted by Gasteiger charge is -2.05. The van der Waals surface area contributed by atoms with Gasteiger partial charge in [0, 0.05) is 12.3 Å². The summed E-state index contributed by atoms with van der Waals surface area (Å²) in [5.41, 5.74) is 1.34. The molecule has 1 aromatic heterocycles. The van der Waals surface area contributed by atoms with E-state index in [0.29, 0.717) is 5.88 Å². The Morgan fingerprint density at radius 3 is 2.50 bits per heavy atom. The lowest BCUT2D eigenvalue weighted by Crippen LogP contribution is -1.87. The quantitative estimate of drug-likeness (QED) is 0.770. The van der Waals surface area contributed by atoms with Gasteiger partial charge in [0.05, 0.1) is 0 Å². The van der Waals surface area contributed by atoms with E-state index in [1.165, 1.54) is 12.0 Å². The second kappa shape index (κ2) is 5.31. The predicted octanol–water partition coefficient (Wildman–Crippen LogP) is 3.83. The molecule has 2 rings (SSSR count). The standard InChI is InChI=1S/C14H15NO/c1-2-5-12-7-9-13(10-8-12)16-14-6-3-4-11-15-14/h3-4,6-11H,2,5H2,1H3. The third kappa shape index (κ3) is 2.83. The third-order valence-corrected chi connectivity index (χ3v) is 2.32. The van der Waals surface area contributed by atoms with Gasteiger partial charge in [0.25, 0.3) is 0 Å². The second-order valence-electron chi connectivity index (χ2n) is 3.66. The topological polar surface area (TPSA) is 22.1 Å². The molecule has 82 valence electrons. The summed E-state index contributed by atoms with van der Waals surface area (Å²) in [6.07, 6.45) is 4.01. The highest BCUT2D eigenvalue weighted by atomic mass is 16.5. The van der Waals surface area contributed by atoms with Gasteiger partial charge in [-0.05, 0) is 30.2 Å². The van der Waals surface area contributed by atoms with Gasteiger partial charge >= 0.3 is 0 Å². The zero-order chi connectivity index (χ0) is 11.2. The van der Waals surface area contributed by atoms with Crippen LogP contribution in [0.1, 0.15) is 18.9 Å². The van der Waals surface area contributed by atoms with E-state index in [1.54, 1.807) is 6.20 Å². The third-order valence-electron chi connectivity index (χ3n) is 2.32. The van der Waals surface area contributed by atoms with Crippen LogP contribution in [0.25, 0.3) is 0 Å². The Hall–Kier alpha value is -1.83. The molecule has 2 nitrogen and oxygen atoms in total. The Kier molecular flexibility index (Phi) is 3.54. The van der Waals surface area contributed by atoms with Crippen LogP contribution in [0.2, 0.25) is 0 Å². The number of nitrogens with zero attached hydrogens (tertiary/aromatic N) is 1. The van der Waals surface area contributed by atoms with Crippen LogP contribution in [-0.2, 0) is 6.42 Å². The minimum Gasteiger partial charge on any atom is -0.439 e. The molecule has 0 atom stereocenters. The lowest BCUT2D eigenvalue weighted by atomic mass is 10.1. The van der Waals surface area contributed by atoms with Crippen LogP contribution in [0.4, 0.5) is 0 Å². The van der Waals surface area contributed by atoms with Gasteiger partial charge in [0.1, 0.15) is 5.75 Å². The fourth-order valence-corrected chi connectivity index (χ4v) is 1.54. The van der Waals surface area contributed by atoms with Crippen molar-refractivity contribution in [1.82, 2.24) is 4.98 Å². The molecule has 0 spiro atoms. The first-order valence-corrected chi connectivity index (χ1v) is 5.56. The van der Waals surface area contributed by atoms with E-state index in [9.17, 15) is 0 Å². The molecule has 0 aliphatic heterocycles. The highest BCUT2D eigenvalue weighted by molar-refractivity contribution is 5.30. The zero-order valence-corrected chi connectivity index (χ0v) is 9.39. The van der Waals surface area contributed by atoms with Crippen molar-refractivity contribution in [2.75, 3.05) is 0 Å². The number of pyridine rings is 1. The summed E-state index contributed by atoms with van der Waals surface area (Å²) in [4.78, 5) is 4.11. The minimum atomic E-state index is 0.630. The molecule has 1 aromatic carbocycles. The summed E-state index contributed by atoms with van der Waals surface area (Å²) in [6.45, 7) is 2.18. The molecule has 0 N–H and O–H groups in total. The van der Waals surface area contributed by atoms with Crippen LogP contribution < -0.4 is 4.74 Å². The maximum absolute atomic E-state index is 5.60. The van der Waals surface area contributed by atoms with Crippen LogP contribution in [0.15, 0.2) is 48.7 Å². The first-order valence-electron chi connectivity index (χ1n) is 5.56. The molecule has 0 saturated carbocycles. The van der Waals surface area contributed by atoms with E-state index >= 15 is 0 Å². The lowest BCUT2D eigenvalue weighted by molar-refractivity contribution is 0.463. The largest absolute Gasteiger partial charge is 0.439 e. The summed E-state index contributed by atoms with van der Waals surface area (Å²) in [5.74, 6) is 1.46. The summed E-state index contributed by atoms with van der Waals surface area (Å²) in [7, 11) is 0. The van der Waals surface area contributed by atoms with Crippen molar-refractivity contribution >= 4 is 0 Å². The van der Waals surface area contributed by atoms with Crippen molar-refractivity contribution in [2.45, 2.75) is 19.8 Å². The van der Waals surface area contributed by atoms with Crippen molar-refractivity contribution in [3.8, 4) is 11.6 Å². The molecular formula is C14H15NO. The average molecular weight is 213 g/mol. The zero-order valence-electron chi connectivity index (χ0n) is 9.39. The molecule has 2 heteroatoms. The molecule has 0 unspecified atom stereocenters. The molecule has 0 aliphatic carbocycles. The van der Waals surface area contributed by atoms with Crippen molar-refractivity contribution in [3.63, 3.8) is 0 Å². The molecule has 0 amide bonds. The van der Waals surface area contributed by atoms with Crippen LogP contribution in [-0.4, -0.2) is 4.98 Å². The van der Waals surface area contributed by atoms with E-state index in [1.807, 2.05) is 30.3 Å². The highest BCUT2D eigenvalue weighted by Gasteiger charge is 1.97. The Morgan fingerprint density at radius 2 is 1.88 bits per heavy atom. The van der Waals surface area contributed by atoms with Crippen molar-refractivity contribution in [2.24, 2.45) is 0 Å². The first kappa shape index (κ1) is 10.7. The maximum Gasteiger partial charge on any atom is 0.219 e. The van der Waals surface area contributed by atoms with Crippen molar-refractivity contribution in [1.29, 1.82) is 0 Å². The van der Waals surface area contributed by atoms with E-state index in [-0.39, 0.29) is 0 Å². The summed E-state index contributed by atoms with van der Waals surface area (Å²) >= 11 is 0. The Labute approximate surface area is 95.9 Å². The molecular weight excluding hydrogens is 198 g/mol. The molecule has 0 saturated heterocycles. The number of aromatic nitrogens is 1. The highest BCUT2D eigenvalue weighted by Crippen LogP contribution is 2.19. The average Bonchev–Trinajstić information content (AvgIpc) is 2.33. The molecule has 0 bridgehead atoms. The van der Waals surface area contributed by atoms with Gasteiger partial charge in [-0.2, -0.15) is 0 Å². The molecule has 0 fully saturated rings. The van der Waals surface area contributed by atoms with Crippen LogP contribution >= 0.6 is 0 Å². The van der Waals surface area contributed by atoms with E-state index in [2.05, 4.69) is 24.0 Å². The van der Waals surface area contributed by atoms with E-state index in [0.717, 1.165) is 12.2 Å². The SMILES string of the molecule is CCCc1ccc(Oc2ccccn2)cc1. The van der Waals surface area contributed by atoms with Crippen LogP contribution in [0.3, 0.4) is 0 Å². The smallest absolute Gasteiger partial charge is 0.219 e. The fraction of sp³-hybridized carbons (Fsp3) is 0.214. The van der Waals surface area contributed by atoms with Gasteiger partial charge in [-0.1, -0.05) is 31.5 Å². The number of benzene rings is 1. The number of aryl methyl sites for hydroxylation is 1. The summed E-state index contributed by atoms with van der Waals surface area (Å²) in [6, 6.07) is 13.8. The predicted molar refractivity (Wildman–Crippen MR) is 64.7 cm³/mol. The van der Waals surface area contributed by atoms with Crippen LogP contribution in [0.5, 0.6) is 11.6 Å². The Balaban J connectivity index is 2.05. The molecule has 2 aromatic rings. The Bertz CT molecular complexity index is 422.